The molecule has 0 saturated heterocycles. The van der Waals surface area contributed by atoms with Gasteiger partial charge < -0.3 is 4.57 Å². The molecule has 3 heteroatoms. The molecule has 0 amide bonds. The lowest BCUT2D eigenvalue weighted by Crippen LogP contribution is -1.99. The summed E-state index contributed by atoms with van der Waals surface area (Å²) < 4.78 is 4.51. The Labute approximate surface area is 147 Å². The molecule has 0 aliphatic carbocycles. The molecule has 0 N–H and O–H groups in total. The van der Waals surface area contributed by atoms with E-state index >= 15 is 0 Å². The number of aromatic nitrogens is 3. The van der Waals surface area contributed by atoms with Crippen molar-refractivity contribution in [1.82, 2.24) is 14.2 Å². The molecule has 3 heterocycles. The van der Waals surface area contributed by atoms with Gasteiger partial charge in [0.25, 0.3) is 0 Å². The number of aryl methyl sites for hydroxylation is 3. The van der Waals surface area contributed by atoms with E-state index in [0.717, 1.165) is 18.8 Å². The molecule has 0 saturated carbocycles. The maximum absolute atomic E-state index is 4.94. The summed E-state index contributed by atoms with van der Waals surface area (Å²) in [5.74, 6) is 1.08. The molecule has 1 aliphatic heterocycles. The van der Waals surface area contributed by atoms with Crippen molar-refractivity contribution in [3.8, 4) is 22.5 Å². The smallest absolute Gasteiger partial charge is 0.162 e. The third-order valence-electron chi connectivity index (χ3n) is 5.23. The van der Waals surface area contributed by atoms with Crippen molar-refractivity contribution < 1.29 is 0 Å². The molecule has 3 nitrogen and oxygen atoms in total. The topological polar surface area (TPSA) is 22.2 Å². The number of hydrogen-bond acceptors (Lipinski definition) is 1. The van der Waals surface area contributed by atoms with E-state index in [-0.39, 0.29) is 0 Å². The standard InChI is InChI=1S/C22H21N3/c1-16-10-12-17(13-11-16)20-15-25-22-19(20)9-5-6-14-24(22)21(23-25)18-7-3-2-4-8-18/h2-4,7-8,10-13,15H,5-6,9,14H2,1H3. The van der Waals surface area contributed by atoms with Crippen LogP contribution in [0.3, 0.4) is 0 Å². The van der Waals surface area contributed by atoms with E-state index in [1.54, 1.807) is 0 Å². The van der Waals surface area contributed by atoms with E-state index in [0.29, 0.717) is 0 Å². The number of nitrogens with zero attached hydrogens (tertiary/aromatic N) is 3. The van der Waals surface area contributed by atoms with Crippen LogP contribution in [0, 0.1) is 6.92 Å². The second-order valence-corrected chi connectivity index (χ2v) is 6.95. The quantitative estimate of drug-likeness (QED) is 0.501. The van der Waals surface area contributed by atoms with Gasteiger partial charge >= 0.3 is 0 Å². The van der Waals surface area contributed by atoms with Gasteiger partial charge in [-0.2, -0.15) is 0 Å². The largest absolute Gasteiger partial charge is 0.309 e. The lowest BCUT2D eigenvalue weighted by atomic mass is 10.00. The molecule has 0 atom stereocenters. The second-order valence-electron chi connectivity index (χ2n) is 6.95. The maximum Gasteiger partial charge on any atom is 0.162 e. The fourth-order valence-corrected chi connectivity index (χ4v) is 3.95. The van der Waals surface area contributed by atoms with Crippen LogP contribution in [0.1, 0.15) is 24.0 Å². The minimum atomic E-state index is 1.04. The van der Waals surface area contributed by atoms with Gasteiger partial charge in [0.1, 0.15) is 5.65 Å². The molecular weight excluding hydrogens is 306 g/mol. The van der Waals surface area contributed by atoms with Gasteiger partial charge in [0.15, 0.2) is 5.82 Å². The van der Waals surface area contributed by atoms with E-state index in [2.05, 4.69) is 76.8 Å². The predicted molar refractivity (Wildman–Crippen MR) is 102 cm³/mol. The highest BCUT2D eigenvalue weighted by atomic mass is 15.3. The average molecular weight is 327 g/mol. The first-order valence-electron chi connectivity index (χ1n) is 9.04. The van der Waals surface area contributed by atoms with Gasteiger partial charge in [-0.15, -0.1) is 5.10 Å². The predicted octanol–water partition coefficient (Wildman–Crippen LogP) is 5.11. The third-order valence-corrected chi connectivity index (χ3v) is 5.23. The first-order chi connectivity index (χ1) is 12.3. The van der Waals surface area contributed by atoms with Crippen LogP contribution in [0.15, 0.2) is 60.8 Å². The zero-order chi connectivity index (χ0) is 16.8. The van der Waals surface area contributed by atoms with Gasteiger partial charge in [0.05, 0.1) is 0 Å². The summed E-state index contributed by atoms with van der Waals surface area (Å²) in [5.41, 5.74) is 7.82. The van der Waals surface area contributed by atoms with Gasteiger partial charge in [-0.1, -0.05) is 60.2 Å². The van der Waals surface area contributed by atoms with Crippen LogP contribution in [-0.2, 0) is 13.0 Å². The fraction of sp³-hybridized carbons (Fsp3) is 0.227. The lowest BCUT2D eigenvalue weighted by Gasteiger charge is -2.06. The van der Waals surface area contributed by atoms with Crippen LogP contribution in [0.4, 0.5) is 0 Å². The first-order valence-corrected chi connectivity index (χ1v) is 9.04. The summed E-state index contributed by atoms with van der Waals surface area (Å²) in [5, 5.41) is 4.94. The highest BCUT2D eigenvalue weighted by molar-refractivity contribution is 5.77. The summed E-state index contributed by atoms with van der Waals surface area (Å²) in [6, 6.07) is 19.4. The molecule has 4 aromatic rings. The highest BCUT2D eigenvalue weighted by Crippen LogP contribution is 2.34. The van der Waals surface area contributed by atoms with Gasteiger partial charge in [0.2, 0.25) is 0 Å². The number of rotatable bonds is 2. The summed E-state index contributed by atoms with van der Waals surface area (Å²) >= 11 is 0. The Kier molecular flexibility index (Phi) is 3.27. The fourth-order valence-electron chi connectivity index (χ4n) is 3.95. The van der Waals surface area contributed by atoms with Gasteiger partial charge in [-0.25, -0.2) is 4.52 Å². The van der Waals surface area contributed by atoms with E-state index in [1.807, 2.05) is 0 Å². The van der Waals surface area contributed by atoms with E-state index in [9.17, 15) is 0 Å². The molecule has 0 unspecified atom stereocenters. The van der Waals surface area contributed by atoms with Crippen molar-refractivity contribution in [2.45, 2.75) is 32.7 Å². The summed E-state index contributed by atoms with van der Waals surface area (Å²) in [6.45, 7) is 3.18. The Morgan fingerprint density at radius 3 is 2.48 bits per heavy atom. The SMILES string of the molecule is Cc1ccc(-c2cn3nc(-c4ccccc4)n4c3c2CCCC4)cc1. The molecule has 0 bridgehead atoms. The van der Waals surface area contributed by atoms with Crippen LogP contribution >= 0.6 is 0 Å². The van der Waals surface area contributed by atoms with E-state index in [4.69, 9.17) is 5.10 Å². The molecule has 2 aromatic carbocycles. The summed E-state index contributed by atoms with van der Waals surface area (Å²) in [6.07, 6.45) is 5.77. The van der Waals surface area contributed by atoms with Crippen molar-refractivity contribution in [2.75, 3.05) is 0 Å². The molecule has 124 valence electrons. The normalized spacial score (nSPS) is 14.0. The van der Waals surface area contributed by atoms with E-state index < -0.39 is 0 Å². The van der Waals surface area contributed by atoms with Crippen LogP contribution in [0.2, 0.25) is 0 Å². The van der Waals surface area contributed by atoms with Crippen molar-refractivity contribution in [1.29, 1.82) is 0 Å². The molecule has 2 aromatic heterocycles. The van der Waals surface area contributed by atoms with Gasteiger partial charge in [-0.05, 0) is 31.7 Å². The van der Waals surface area contributed by atoms with E-state index in [1.165, 1.54) is 46.3 Å². The van der Waals surface area contributed by atoms with Gasteiger partial charge in [0, 0.05) is 29.4 Å². The summed E-state index contributed by atoms with van der Waals surface area (Å²) in [4.78, 5) is 0. The monoisotopic (exact) mass is 327 g/mol. The molecule has 0 spiro atoms. The van der Waals surface area contributed by atoms with Crippen LogP contribution in [-0.4, -0.2) is 14.2 Å². The van der Waals surface area contributed by atoms with Gasteiger partial charge in [-0.3, -0.25) is 0 Å². The molecule has 5 rings (SSSR count). The third kappa shape index (κ3) is 2.30. The van der Waals surface area contributed by atoms with Crippen LogP contribution in [0.25, 0.3) is 28.2 Å². The maximum atomic E-state index is 4.94. The second kappa shape index (κ2) is 5.62. The van der Waals surface area contributed by atoms with Crippen molar-refractivity contribution >= 4 is 5.65 Å². The Morgan fingerprint density at radius 1 is 0.880 bits per heavy atom. The highest BCUT2D eigenvalue weighted by Gasteiger charge is 2.22. The average Bonchev–Trinajstić information content (AvgIpc) is 3.08. The lowest BCUT2D eigenvalue weighted by molar-refractivity contribution is 0.645. The van der Waals surface area contributed by atoms with Crippen molar-refractivity contribution in [3.63, 3.8) is 0 Å². The molecule has 0 radical (unpaired) electrons. The zero-order valence-electron chi connectivity index (χ0n) is 14.4. The van der Waals surface area contributed by atoms with Crippen molar-refractivity contribution in [3.05, 3.63) is 71.9 Å². The zero-order valence-corrected chi connectivity index (χ0v) is 14.4. The molecule has 0 fully saturated rings. The Balaban J connectivity index is 1.74. The Hall–Kier alpha value is -2.81. The molecular formula is C22H21N3. The van der Waals surface area contributed by atoms with Crippen LogP contribution in [0.5, 0.6) is 0 Å². The minimum absolute atomic E-state index is 1.04. The van der Waals surface area contributed by atoms with Crippen molar-refractivity contribution in [2.24, 2.45) is 0 Å². The molecule has 1 aliphatic rings. The number of benzene rings is 2. The first kappa shape index (κ1) is 14.5. The Bertz CT molecular complexity index is 1040. The summed E-state index contributed by atoms with van der Waals surface area (Å²) in [7, 11) is 0. The molecule has 25 heavy (non-hydrogen) atoms. The minimum Gasteiger partial charge on any atom is -0.309 e. The Morgan fingerprint density at radius 2 is 1.68 bits per heavy atom. The number of hydrogen-bond donors (Lipinski definition) is 0. The van der Waals surface area contributed by atoms with Crippen LogP contribution < -0.4 is 0 Å².